The van der Waals surface area contributed by atoms with Crippen LogP contribution in [-0.2, 0) is 14.3 Å². The van der Waals surface area contributed by atoms with Gasteiger partial charge >= 0.3 is 0 Å². The van der Waals surface area contributed by atoms with Crippen molar-refractivity contribution in [2.45, 2.75) is 63.6 Å². The summed E-state index contributed by atoms with van der Waals surface area (Å²) in [6, 6.07) is 6.22. The number of carbonyl (C=O) groups excluding carboxylic acids is 1. The topological polar surface area (TPSA) is 60.0 Å². The number of ether oxygens (including phenoxy) is 3. The Hall–Kier alpha value is -1.63. The molecule has 1 aromatic rings. The highest BCUT2D eigenvalue weighted by atomic mass is 16.5. The number of benzene rings is 1. The van der Waals surface area contributed by atoms with Crippen molar-refractivity contribution in [3.05, 3.63) is 23.8 Å². The van der Waals surface area contributed by atoms with E-state index in [1.807, 2.05) is 25.1 Å². The maximum atomic E-state index is 13.0. The van der Waals surface area contributed by atoms with E-state index in [-0.39, 0.29) is 18.1 Å². The zero-order valence-electron chi connectivity index (χ0n) is 16.8. The number of nitrogens with one attached hydrogen (secondary N) is 1. The van der Waals surface area contributed by atoms with Gasteiger partial charge in [-0.15, -0.1) is 0 Å². The molecular formula is C22H32N2O4. The van der Waals surface area contributed by atoms with E-state index in [0.29, 0.717) is 12.6 Å². The molecule has 2 saturated heterocycles. The first kappa shape index (κ1) is 19.7. The van der Waals surface area contributed by atoms with E-state index in [9.17, 15) is 4.79 Å². The van der Waals surface area contributed by atoms with Gasteiger partial charge in [-0.2, -0.15) is 0 Å². The fraction of sp³-hybridized carbons (Fsp3) is 0.682. The average molecular weight is 389 g/mol. The predicted octanol–water partition coefficient (Wildman–Crippen LogP) is 3.13. The SMILES string of the molecule is Cc1cc(NC(=O)C2COCCN2C2CCCC2)ccc1OC1CCOCC1. The summed E-state index contributed by atoms with van der Waals surface area (Å²) in [5, 5.41) is 3.10. The van der Waals surface area contributed by atoms with Crippen molar-refractivity contribution in [3.8, 4) is 5.75 Å². The Morgan fingerprint density at radius 2 is 1.89 bits per heavy atom. The van der Waals surface area contributed by atoms with E-state index in [1.54, 1.807) is 0 Å². The number of hydrogen-bond acceptors (Lipinski definition) is 5. The Balaban J connectivity index is 1.38. The van der Waals surface area contributed by atoms with Gasteiger partial charge in [-0.1, -0.05) is 12.8 Å². The highest BCUT2D eigenvalue weighted by molar-refractivity contribution is 5.95. The lowest BCUT2D eigenvalue weighted by Crippen LogP contribution is -2.55. The molecule has 2 heterocycles. The Labute approximate surface area is 167 Å². The van der Waals surface area contributed by atoms with Crippen molar-refractivity contribution in [3.63, 3.8) is 0 Å². The minimum Gasteiger partial charge on any atom is -0.490 e. The molecule has 28 heavy (non-hydrogen) atoms. The van der Waals surface area contributed by atoms with Crippen LogP contribution in [0.2, 0.25) is 0 Å². The summed E-state index contributed by atoms with van der Waals surface area (Å²) in [5.41, 5.74) is 1.86. The first-order valence-corrected chi connectivity index (χ1v) is 10.7. The molecule has 2 aliphatic heterocycles. The van der Waals surface area contributed by atoms with Gasteiger partial charge in [-0.25, -0.2) is 0 Å². The molecule has 6 heteroatoms. The van der Waals surface area contributed by atoms with Gasteiger partial charge in [0.1, 0.15) is 17.9 Å². The summed E-state index contributed by atoms with van der Waals surface area (Å²) in [6.07, 6.45) is 7.00. The molecule has 154 valence electrons. The number of anilines is 1. The fourth-order valence-electron chi connectivity index (χ4n) is 4.57. The van der Waals surface area contributed by atoms with Crippen LogP contribution in [0.15, 0.2) is 18.2 Å². The first-order chi connectivity index (χ1) is 13.7. The van der Waals surface area contributed by atoms with Gasteiger partial charge in [0.05, 0.1) is 26.4 Å². The molecule has 0 bridgehead atoms. The second kappa shape index (κ2) is 9.25. The number of aryl methyl sites for hydroxylation is 1. The normalized spacial score (nSPS) is 25.0. The van der Waals surface area contributed by atoms with Gasteiger partial charge in [-0.3, -0.25) is 9.69 Å². The van der Waals surface area contributed by atoms with E-state index in [2.05, 4.69) is 10.2 Å². The van der Waals surface area contributed by atoms with Gasteiger partial charge in [0.15, 0.2) is 0 Å². The average Bonchev–Trinajstić information content (AvgIpc) is 3.25. The van der Waals surface area contributed by atoms with Crippen molar-refractivity contribution < 1.29 is 19.0 Å². The zero-order chi connectivity index (χ0) is 19.3. The fourth-order valence-corrected chi connectivity index (χ4v) is 4.57. The lowest BCUT2D eigenvalue weighted by Gasteiger charge is -2.38. The minimum absolute atomic E-state index is 0.0316. The number of nitrogens with zero attached hydrogens (tertiary/aromatic N) is 1. The van der Waals surface area contributed by atoms with E-state index >= 15 is 0 Å². The van der Waals surface area contributed by atoms with Crippen molar-refractivity contribution in [1.29, 1.82) is 0 Å². The molecule has 0 spiro atoms. The third kappa shape index (κ3) is 4.67. The van der Waals surface area contributed by atoms with Crippen LogP contribution in [0.1, 0.15) is 44.1 Å². The summed E-state index contributed by atoms with van der Waals surface area (Å²) >= 11 is 0. The van der Waals surface area contributed by atoms with E-state index < -0.39 is 0 Å². The summed E-state index contributed by atoms with van der Waals surface area (Å²) in [4.78, 5) is 15.3. The molecule has 1 atom stereocenters. The van der Waals surface area contributed by atoms with Crippen molar-refractivity contribution in [1.82, 2.24) is 4.90 Å². The highest BCUT2D eigenvalue weighted by Crippen LogP contribution is 2.28. The summed E-state index contributed by atoms with van der Waals surface area (Å²) < 4.78 is 17.1. The van der Waals surface area contributed by atoms with Gasteiger partial charge in [0, 0.05) is 31.1 Å². The van der Waals surface area contributed by atoms with E-state index in [4.69, 9.17) is 14.2 Å². The summed E-state index contributed by atoms with van der Waals surface area (Å²) in [7, 11) is 0. The first-order valence-electron chi connectivity index (χ1n) is 10.7. The third-order valence-corrected chi connectivity index (χ3v) is 6.17. The smallest absolute Gasteiger partial charge is 0.244 e. The van der Waals surface area contributed by atoms with Crippen LogP contribution in [-0.4, -0.2) is 62.0 Å². The standard InChI is InChI=1S/C22H32N2O4/c1-16-14-17(6-7-21(16)28-19-8-11-26-12-9-19)23-22(25)20-15-27-13-10-24(20)18-4-2-3-5-18/h6-7,14,18-20H,2-5,8-13,15H2,1H3,(H,23,25). The Bertz CT molecular complexity index is 669. The van der Waals surface area contributed by atoms with Crippen molar-refractivity contribution in [2.24, 2.45) is 0 Å². The van der Waals surface area contributed by atoms with Crippen LogP contribution >= 0.6 is 0 Å². The second-order valence-corrected chi connectivity index (χ2v) is 8.17. The summed E-state index contributed by atoms with van der Waals surface area (Å²) in [6.45, 7) is 5.60. The minimum atomic E-state index is -0.199. The molecule has 4 rings (SSSR count). The van der Waals surface area contributed by atoms with Gasteiger partial charge in [-0.05, 0) is 43.5 Å². The molecule has 3 aliphatic rings. The highest BCUT2D eigenvalue weighted by Gasteiger charge is 2.35. The van der Waals surface area contributed by atoms with Crippen LogP contribution in [0.3, 0.4) is 0 Å². The molecule has 1 aliphatic carbocycles. The molecule has 1 unspecified atom stereocenters. The number of morpholine rings is 1. The molecular weight excluding hydrogens is 356 g/mol. The van der Waals surface area contributed by atoms with Gasteiger partial charge in [0.2, 0.25) is 5.91 Å². The maximum absolute atomic E-state index is 13.0. The Kier molecular flexibility index (Phi) is 6.50. The van der Waals surface area contributed by atoms with Gasteiger partial charge in [0.25, 0.3) is 0 Å². The molecule has 1 saturated carbocycles. The van der Waals surface area contributed by atoms with Crippen LogP contribution in [0.4, 0.5) is 5.69 Å². The van der Waals surface area contributed by atoms with Crippen molar-refractivity contribution >= 4 is 11.6 Å². The number of rotatable bonds is 5. The molecule has 6 nitrogen and oxygen atoms in total. The van der Waals surface area contributed by atoms with Crippen LogP contribution < -0.4 is 10.1 Å². The number of carbonyl (C=O) groups is 1. The molecule has 1 N–H and O–H groups in total. The van der Waals surface area contributed by atoms with Crippen LogP contribution in [0, 0.1) is 6.92 Å². The molecule has 0 radical (unpaired) electrons. The zero-order valence-corrected chi connectivity index (χ0v) is 16.8. The lowest BCUT2D eigenvalue weighted by molar-refractivity contribution is -0.129. The third-order valence-electron chi connectivity index (χ3n) is 6.17. The monoisotopic (exact) mass is 388 g/mol. The molecule has 3 fully saturated rings. The Morgan fingerprint density at radius 1 is 1.11 bits per heavy atom. The molecule has 0 aromatic heterocycles. The van der Waals surface area contributed by atoms with E-state index in [1.165, 1.54) is 25.7 Å². The number of amides is 1. The van der Waals surface area contributed by atoms with Crippen LogP contribution in [0.25, 0.3) is 0 Å². The predicted molar refractivity (Wildman–Crippen MR) is 108 cm³/mol. The number of hydrogen-bond donors (Lipinski definition) is 1. The Morgan fingerprint density at radius 3 is 2.64 bits per heavy atom. The molecule has 1 aromatic carbocycles. The summed E-state index contributed by atoms with van der Waals surface area (Å²) in [5.74, 6) is 0.919. The largest absolute Gasteiger partial charge is 0.490 e. The quantitative estimate of drug-likeness (QED) is 0.840. The van der Waals surface area contributed by atoms with Crippen molar-refractivity contribution in [2.75, 3.05) is 38.3 Å². The van der Waals surface area contributed by atoms with Crippen LogP contribution in [0.5, 0.6) is 5.75 Å². The lowest BCUT2D eigenvalue weighted by atomic mass is 10.1. The molecule has 1 amide bonds. The maximum Gasteiger partial charge on any atom is 0.244 e. The van der Waals surface area contributed by atoms with E-state index in [0.717, 1.165) is 56.2 Å². The second-order valence-electron chi connectivity index (χ2n) is 8.17. The van der Waals surface area contributed by atoms with Gasteiger partial charge < -0.3 is 19.5 Å².